The number of nitrogens with two attached hydrogens (primary N) is 6. The van der Waals surface area contributed by atoms with Gasteiger partial charge in [-0.2, -0.15) is 0 Å². The van der Waals surface area contributed by atoms with Crippen molar-refractivity contribution in [2.24, 2.45) is 34.4 Å². The molecule has 61 heavy (non-hydrogen) atoms. The Labute approximate surface area is 359 Å². The number of carboxylic acids is 4. The normalized spacial score (nSPS) is 11.5. The minimum absolute atomic E-state index is 0.112. The van der Waals surface area contributed by atoms with Crippen molar-refractivity contribution in [2.75, 3.05) is 101 Å². The third-order valence-corrected chi connectivity index (χ3v) is 6.38. The number of aliphatic hydroxyl groups is 5. The Balaban J connectivity index is -0.000000148. The number of carbonyl (C=O) groups is 4. The molecule has 0 radical (unpaired) electrons. The number of rotatable bonds is 20. The van der Waals surface area contributed by atoms with Gasteiger partial charge in [-0.15, -0.1) is 0 Å². The van der Waals surface area contributed by atoms with Gasteiger partial charge in [0.05, 0.1) is 80.7 Å². The van der Waals surface area contributed by atoms with Gasteiger partial charge in [-0.25, -0.2) is 0 Å². The maximum Gasteiger partial charge on any atom is 0.320 e. The predicted molar refractivity (Wildman–Crippen MR) is 227 cm³/mol. The summed E-state index contributed by atoms with van der Waals surface area (Å²) in [5.41, 5.74) is 31.1. The van der Waals surface area contributed by atoms with Crippen LogP contribution in [-0.2, 0) is 25.6 Å². The van der Waals surface area contributed by atoms with Crippen LogP contribution in [-0.4, -0.2) is 206 Å². The Kier molecular flexibility index (Phi) is 48.2. The second-order valence-electron chi connectivity index (χ2n) is 14.5. The van der Waals surface area contributed by atoms with E-state index in [4.69, 9.17) is 85.1 Å². The van der Waals surface area contributed by atoms with E-state index < -0.39 is 48.1 Å². The van der Waals surface area contributed by atoms with E-state index in [1.54, 1.807) is 0 Å². The third-order valence-electron chi connectivity index (χ3n) is 6.38. The molecule has 0 aliphatic carbocycles. The first kappa shape index (κ1) is 68.0. The second kappa shape index (κ2) is 43.3. The number of guanidine groups is 2. The Morgan fingerprint density at radius 3 is 1.20 bits per heavy atom. The molecule has 1 aromatic carbocycles. The number of nitrogens with zero attached hydrogens (tertiary/aromatic N) is 2. The molecule has 0 spiro atoms. The molecular formula is C36H78N12O13. The van der Waals surface area contributed by atoms with Gasteiger partial charge in [0.1, 0.15) is 31.3 Å². The lowest BCUT2D eigenvalue weighted by molar-refractivity contribution is -0.870. The van der Waals surface area contributed by atoms with E-state index in [2.05, 4.69) is 58.7 Å². The number of quaternary nitrogens is 2. The van der Waals surface area contributed by atoms with E-state index in [1.807, 2.05) is 30.3 Å². The van der Waals surface area contributed by atoms with Crippen LogP contribution in [0.5, 0.6) is 0 Å². The summed E-state index contributed by atoms with van der Waals surface area (Å²) in [7, 11) is 12.3. The third kappa shape index (κ3) is 70.1. The van der Waals surface area contributed by atoms with E-state index in [0.717, 1.165) is 27.6 Å². The van der Waals surface area contributed by atoms with Gasteiger partial charge in [0.25, 0.3) is 0 Å². The molecule has 25 nitrogen and oxygen atoms in total. The fraction of sp³-hybridized carbons (Fsp3) is 0.667. The highest BCUT2D eigenvalue weighted by atomic mass is 16.4. The van der Waals surface area contributed by atoms with Crippen molar-refractivity contribution in [3.05, 3.63) is 35.9 Å². The summed E-state index contributed by atoms with van der Waals surface area (Å²) in [6, 6.07) is 6.68. The molecule has 0 unspecified atom stereocenters. The molecule has 23 N–H and O–H groups in total. The number of nitrogens with one attached hydrogen (secondary N) is 4. The van der Waals surface area contributed by atoms with E-state index in [9.17, 15) is 19.5 Å². The SMILES string of the molecule is C[N+](C)(C)CCO.C[N+](C)(C)CCO.N=C(N)NCCC[C@H](N)C(=O)O.N=C(N)NCCC[C@H](N)C(=O)O.NCC(=O)[O-].N[C@@H](Cc1ccccc1)C(=O)[O-].OCC(O)CO. The number of aliphatic hydroxyl groups excluding tert-OH is 5. The number of hydrogen-bond acceptors (Lipinski definition) is 17. The van der Waals surface area contributed by atoms with Gasteiger partial charge in [0.15, 0.2) is 11.9 Å². The van der Waals surface area contributed by atoms with Crippen LogP contribution in [0, 0.1) is 10.8 Å². The molecule has 3 atom stereocenters. The Morgan fingerprint density at radius 1 is 0.689 bits per heavy atom. The lowest BCUT2D eigenvalue weighted by Gasteiger charge is -2.21. The number of likely N-dealkylation sites (N-methyl/N-ethyl adjacent to an activating group) is 2. The molecule has 0 aliphatic heterocycles. The van der Waals surface area contributed by atoms with Crippen LogP contribution < -0.4 is 55.2 Å². The van der Waals surface area contributed by atoms with Crippen molar-refractivity contribution in [1.82, 2.24) is 10.6 Å². The molecule has 0 bridgehead atoms. The molecule has 360 valence electrons. The number of carboxylic acid groups (broad SMARTS) is 4. The van der Waals surface area contributed by atoms with E-state index in [1.165, 1.54) is 0 Å². The Morgan fingerprint density at radius 2 is 1.02 bits per heavy atom. The summed E-state index contributed by atoms with van der Waals surface area (Å²) in [5.74, 6) is -4.66. The standard InChI is InChI=1S/C9H11NO2.2C6H14N4O2.2C5H14NO.C3H8O3.C2H5NO2/c10-8(9(11)12)6-7-4-2-1-3-5-7;2*7-4(5(11)12)2-1-3-10-6(8)9;2*1-6(2,3)4-5-7;4-1-3(6)2-5;3-1-2(4)5/h1-5,8H,6,10H2,(H,11,12);2*4H,1-3,7H2,(H,11,12)(H4,8,9,10);2*7H,4-5H2,1-3H3;3-6H,1-2H2;1,3H2,(H,4,5)/q;;;2*+1;;/p-2/t8-;2*4-;;;;/m000..../s1. The average Bonchev–Trinajstić information content (AvgIpc) is 3.15. The summed E-state index contributed by atoms with van der Waals surface area (Å²) < 4.78 is 1.69. The van der Waals surface area contributed by atoms with Crippen LogP contribution in [0.15, 0.2) is 30.3 Å². The molecule has 0 aliphatic rings. The lowest BCUT2D eigenvalue weighted by atomic mass is 10.1. The maximum absolute atomic E-state index is 10.3. The van der Waals surface area contributed by atoms with E-state index >= 15 is 0 Å². The highest BCUT2D eigenvalue weighted by Crippen LogP contribution is 2.01. The molecule has 1 aromatic rings. The smallest absolute Gasteiger partial charge is 0.320 e. The van der Waals surface area contributed by atoms with Crippen molar-refractivity contribution >= 4 is 35.8 Å². The monoisotopic (exact) mass is 887 g/mol. The van der Waals surface area contributed by atoms with Gasteiger partial charge in [-0.3, -0.25) is 20.4 Å². The predicted octanol–water partition coefficient (Wildman–Crippen LogP) is -7.97. The van der Waals surface area contributed by atoms with Crippen molar-refractivity contribution in [3.63, 3.8) is 0 Å². The van der Waals surface area contributed by atoms with Crippen LogP contribution in [0.2, 0.25) is 0 Å². The molecule has 0 amide bonds. The molecule has 0 saturated heterocycles. The minimum atomic E-state index is -1.22. The fourth-order valence-corrected chi connectivity index (χ4v) is 2.95. The van der Waals surface area contributed by atoms with Gasteiger partial charge in [-0.1, -0.05) is 30.3 Å². The van der Waals surface area contributed by atoms with E-state index in [-0.39, 0.29) is 44.9 Å². The molecule has 1 rings (SSSR count). The van der Waals surface area contributed by atoms with Gasteiger partial charge < -0.3 is 110 Å². The van der Waals surface area contributed by atoms with Crippen LogP contribution in [0.1, 0.15) is 31.2 Å². The number of benzene rings is 1. The largest absolute Gasteiger partial charge is 0.549 e. The zero-order valence-electron chi connectivity index (χ0n) is 36.5. The molecule has 0 fully saturated rings. The molecule has 0 aromatic heterocycles. The second-order valence-corrected chi connectivity index (χ2v) is 14.5. The first-order chi connectivity index (χ1) is 28.0. The Bertz CT molecular complexity index is 1200. The number of carbonyl (C=O) groups excluding carboxylic acids is 2. The number of hydrogen-bond donors (Lipinski definition) is 17. The fourth-order valence-electron chi connectivity index (χ4n) is 2.95. The van der Waals surface area contributed by atoms with Gasteiger partial charge in [0, 0.05) is 25.7 Å². The highest BCUT2D eigenvalue weighted by Gasteiger charge is 2.10. The first-order valence-electron chi connectivity index (χ1n) is 18.7. The zero-order chi connectivity index (χ0) is 49.2. The van der Waals surface area contributed by atoms with Gasteiger partial charge in [0.2, 0.25) is 0 Å². The number of aliphatic carboxylic acids is 4. The van der Waals surface area contributed by atoms with Crippen molar-refractivity contribution < 1.29 is 74.1 Å². The van der Waals surface area contributed by atoms with Crippen LogP contribution >= 0.6 is 0 Å². The van der Waals surface area contributed by atoms with Crippen LogP contribution in [0.3, 0.4) is 0 Å². The quantitative estimate of drug-likeness (QED) is 0.0250. The summed E-state index contributed by atoms with van der Waals surface area (Å²) >= 11 is 0. The summed E-state index contributed by atoms with van der Waals surface area (Å²) in [5, 5.41) is 95.6. The lowest BCUT2D eigenvalue weighted by Crippen LogP contribution is -2.43. The van der Waals surface area contributed by atoms with Gasteiger partial charge in [-0.05, 0) is 37.7 Å². The molecule has 25 heteroatoms. The average molecular weight is 887 g/mol. The van der Waals surface area contributed by atoms with Crippen molar-refractivity contribution in [3.8, 4) is 0 Å². The van der Waals surface area contributed by atoms with Crippen LogP contribution in [0.4, 0.5) is 0 Å². The maximum atomic E-state index is 10.3. The highest BCUT2D eigenvalue weighted by molar-refractivity contribution is 5.75. The van der Waals surface area contributed by atoms with Crippen LogP contribution in [0.25, 0.3) is 0 Å². The van der Waals surface area contributed by atoms with Gasteiger partial charge >= 0.3 is 11.9 Å². The topological polar surface area (TPSA) is 484 Å². The Hall–Kier alpha value is -4.80. The summed E-state index contributed by atoms with van der Waals surface area (Å²) in [6.45, 7) is 2.08. The first-order valence-corrected chi connectivity index (χ1v) is 18.7. The summed E-state index contributed by atoms with van der Waals surface area (Å²) in [6.07, 6.45) is 1.32. The zero-order valence-corrected chi connectivity index (χ0v) is 36.5. The molecule has 0 heterocycles. The molecule has 0 saturated carbocycles. The van der Waals surface area contributed by atoms with E-state index in [0.29, 0.717) is 45.2 Å². The molecular weight excluding hydrogens is 808 g/mol. The van der Waals surface area contributed by atoms with Crippen molar-refractivity contribution in [2.45, 2.75) is 56.3 Å². The van der Waals surface area contributed by atoms with Crippen molar-refractivity contribution in [1.29, 1.82) is 10.8 Å². The minimum Gasteiger partial charge on any atom is -0.549 e. The summed E-state index contributed by atoms with van der Waals surface area (Å²) in [4.78, 5) is 39.8.